The molecule has 5 nitrogen and oxygen atoms in total. The van der Waals surface area contributed by atoms with Crippen molar-refractivity contribution in [1.29, 1.82) is 0 Å². The van der Waals surface area contributed by atoms with Crippen molar-refractivity contribution in [3.05, 3.63) is 21.7 Å². The Morgan fingerprint density at radius 2 is 2.12 bits per heavy atom. The van der Waals surface area contributed by atoms with Crippen LogP contribution in [0.5, 0.6) is 5.75 Å². The smallest absolute Gasteiger partial charge is 0.339 e. The largest absolute Gasteiger partial charge is 0.488 e. The predicted molar refractivity (Wildman–Crippen MR) is 65.2 cm³/mol. The number of anilines is 1. The lowest BCUT2D eigenvalue weighted by Gasteiger charge is -2.12. The van der Waals surface area contributed by atoms with Crippen molar-refractivity contribution in [2.24, 2.45) is 0 Å². The molecule has 94 valence electrons. The number of hydrogen-bond acceptors (Lipinski definition) is 4. The highest BCUT2D eigenvalue weighted by atomic mass is 35.5. The topological polar surface area (TPSA) is 81.8 Å². The fourth-order valence-corrected chi connectivity index (χ4v) is 1.86. The number of benzene rings is 1. The molecule has 17 heavy (non-hydrogen) atoms. The average molecular weight is 280 g/mol. The highest BCUT2D eigenvalue weighted by Gasteiger charge is 2.20. The molecule has 0 aliphatic rings. The minimum absolute atomic E-state index is 0.00779. The van der Waals surface area contributed by atoms with Crippen molar-refractivity contribution in [1.82, 2.24) is 0 Å². The van der Waals surface area contributed by atoms with E-state index >= 15 is 0 Å². The normalized spacial score (nSPS) is 10.3. The summed E-state index contributed by atoms with van der Waals surface area (Å²) in [5, 5.41) is 8.99. The van der Waals surface area contributed by atoms with Crippen molar-refractivity contribution in [2.45, 2.75) is 0 Å². The zero-order valence-corrected chi connectivity index (χ0v) is 10.5. The number of carboxylic acid groups (broad SMARTS) is 1. The van der Waals surface area contributed by atoms with Crippen LogP contribution in [0.1, 0.15) is 10.4 Å². The lowest BCUT2D eigenvalue weighted by Crippen LogP contribution is -2.09. The first-order chi connectivity index (χ1) is 7.99. The van der Waals surface area contributed by atoms with E-state index in [1.54, 1.807) is 0 Å². The SMILES string of the molecule is COCCOc1c(Cl)cc(N)c(C(=O)O)c1Cl. The number of nitrogens with two attached hydrogens (primary N) is 1. The van der Waals surface area contributed by atoms with E-state index in [-0.39, 0.29) is 33.7 Å². The molecule has 1 aromatic carbocycles. The summed E-state index contributed by atoms with van der Waals surface area (Å²) in [5.41, 5.74) is 5.29. The van der Waals surface area contributed by atoms with Crippen molar-refractivity contribution in [3.63, 3.8) is 0 Å². The Labute approximate surface area is 108 Å². The van der Waals surface area contributed by atoms with Crippen LogP contribution in [-0.2, 0) is 4.74 Å². The fourth-order valence-electron chi connectivity index (χ4n) is 1.20. The number of ether oxygens (including phenoxy) is 2. The second-order valence-corrected chi connectivity index (χ2v) is 3.90. The van der Waals surface area contributed by atoms with Gasteiger partial charge in [0, 0.05) is 12.8 Å². The maximum atomic E-state index is 10.9. The molecule has 0 amide bonds. The summed E-state index contributed by atoms with van der Waals surface area (Å²) in [6, 6.07) is 1.29. The van der Waals surface area contributed by atoms with Crippen LogP contribution in [0.4, 0.5) is 5.69 Å². The van der Waals surface area contributed by atoms with Crippen LogP contribution in [-0.4, -0.2) is 31.4 Å². The minimum atomic E-state index is -1.24. The molecule has 0 fully saturated rings. The van der Waals surface area contributed by atoms with E-state index in [1.807, 2.05) is 0 Å². The number of nitrogen functional groups attached to an aromatic ring is 1. The first-order valence-electron chi connectivity index (χ1n) is 4.61. The van der Waals surface area contributed by atoms with Gasteiger partial charge < -0.3 is 20.3 Å². The molecule has 0 unspecified atom stereocenters. The highest BCUT2D eigenvalue weighted by molar-refractivity contribution is 6.39. The van der Waals surface area contributed by atoms with Crippen LogP contribution in [0.25, 0.3) is 0 Å². The van der Waals surface area contributed by atoms with E-state index in [1.165, 1.54) is 13.2 Å². The number of carbonyl (C=O) groups is 1. The van der Waals surface area contributed by atoms with E-state index in [9.17, 15) is 4.79 Å². The summed E-state index contributed by atoms with van der Waals surface area (Å²) < 4.78 is 10.0. The van der Waals surface area contributed by atoms with Gasteiger partial charge in [-0.3, -0.25) is 0 Å². The Hall–Kier alpha value is -1.17. The van der Waals surface area contributed by atoms with Gasteiger partial charge in [-0.15, -0.1) is 0 Å². The number of carboxylic acids is 1. The van der Waals surface area contributed by atoms with Crippen molar-refractivity contribution in [2.75, 3.05) is 26.1 Å². The predicted octanol–water partition coefficient (Wildman–Crippen LogP) is 2.30. The van der Waals surface area contributed by atoms with Gasteiger partial charge in [0.05, 0.1) is 11.6 Å². The van der Waals surface area contributed by atoms with Gasteiger partial charge in [0.2, 0.25) is 0 Å². The minimum Gasteiger partial charge on any atom is -0.488 e. The molecule has 0 heterocycles. The van der Waals surface area contributed by atoms with E-state index in [2.05, 4.69) is 0 Å². The molecule has 7 heteroatoms. The van der Waals surface area contributed by atoms with Gasteiger partial charge in [0.1, 0.15) is 17.2 Å². The zero-order chi connectivity index (χ0) is 13.0. The molecule has 0 bridgehead atoms. The molecule has 0 aromatic heterocycles. The Morgan fingerprint density at radius 3 is 2.65 bits per heavy atom. The summed E-state index contributed by atoms with van der Waals surface area (Å²) in [4.78, 5) is 10.9. The highest BCUT2D eigenvalue weighted by Crippen LogP contribution is 2.39. The summed E-state index contributed by atoms with van der Waals surface area (Å²) in [6.45, 7) is 0.540. The Kier molecular flexibility index (Phi) is 4.86. The zero-order valence-electron chi connectivity index (χ0n) is 9.00. The molecule has 0 radical (unpaired) electrons. The lowest BCUT2D eigenvalue weighted by atomic mass is 10.1. The standard InChI is InChI=1S/C10H11Cl2NO4/c1-16-2-3-17-9-5(11)4-6(13)7(8(9)12)10(14)15/h4H,2-3,13H2,1H3,(H,14,15). The maximum absolute atomic E-state index is 10.9. The molecule has 0 saturated heterocycles. The van der Waals surface area contributed by atoms with Gasteiger partial charge in [0.15, 0.2) is 5.75 Å². The van der Waals surface area contributed by atoms with E-state index in [4.69, 9.17) is 43.5 Å². The molecule has 0 aliphatic carbocycles. The van der Waals surface area contributed by atoms with Gasteiger partial charge in [-0.2, -0.15) is 0 Å². The van der Waals surface area contributed by atoms with Crippen LogP contribution in [0, 0.1) is 0 Å². The number of aromatic carboxylic acids is 1. The van der Waals surface area contributed by atoms with E-state index in [0.29, 0.717) is 6.61 Å². The quantitative estimate of drug-likeness (QED) is 0.638. The second-order valence-electron chi connectivity index (χ2n) is 3.11. The third kappa shape index (κ3) is 3.15. The van der Waals surface area contributed by atoms with Crippen LogP contribution in [0.2, 0.25) is 10.0 Å². The second kappa shape index (κ2) is 5.95. The third-order valence-corrected chi connectivity index (χ3v) is 2.60. The molecule has 1 rings (SSSR count). The maximum Gasteiger partial charge on any atom is 0.339 e. The number of methoxy groups -OCH3 is 1. The van der Waals surface area contributed by atoms with Gasteiger partial charge in [-0.25, -0.2) is 4.79 Å². The van der Waals surface area contributed by atoms with Gasteiger partial charge in [0.25, 0.3) is 0 Å². The van der Waals surface area contributed by atoms with E-state index < -0.39 is 5.97 Å². The monoisotopic (exact) mass is 279 g/mol. The van der Waals surface area contributed by atoms with Crippen molar-refractivity contribution in [3.8, 4) is 5.75 Å². The average Bonchev–Trinajstić information content (AvgIpc) is 2.21. The molecule has 3 N–H and O–H groups in total. The first kappa shape index (κ1) is 13.9. The molecule has 0 atom stereocenters. The molecular weight excluding hydrogens is 269 g/mol. The summed E-state index contributed by atoms with van der Waals surface area (Å²) >= 11 is 11.7. The van der Waals surface area contributed by atoms with Crippen molar-refractivity contribution < 1.29 is 19.4 Å². The molecule has 0 aliphatic heterocycles. The first-order valence-corrected chi connectivity index (χ1v) is 5.37. The van der Waals surface area contributed by atoms with Crippen LogP contribution >= 0.6 is 23.2 Å². The van der Waals surface area contributed by atoms with Crippen LogP contribution < -0.4 is 10.5 Å². The number of hydrogen-bond donors (Lipinski definition) is 2. The van der Waals surface area contributed by atoms with Crippen LogP contribution in [0.15, 0.2) is 6.07 Å². The third-order valence-electron chi connectivity index (χ3n) is 1.95. The fraction of sp³-hybridized carbons (Fsp3) is 0.300. The van der Waals surface area contributed by atoms with Crippen molar-refractivity contribution >= 4 is 34.9 Å². The number of rotatable bonds is 5. The summed E-state index contributed by atoms with van der Waals surface area (Å²) in [5.74, 6) is -1.14. The molecular formula is C10H11Cl2NO4. The Bertz CT molecular complexity index is 437. The Balaban J connectivity index is 3.12. The Morgan fingerprint density at radius 1 is 1.47 bits per heavy atom. The van der Waals surface area contributed by atoms with Gasteiger partial charge >= 0.3 is 5.97 Å². The van der Waals surface area contributed by atoms with Crippen LogP contribution in [0.3, 0.4) is 0 Å². The summed E-state index contributed by atoms with van der Waals surface area (Å²) in [6.07, 6.45) is 0. The van der Waals surface area contributed by atoms with Gasteiger partial charge in [-0.05, 0) is 6.07 Å². The van der Waals surface area contributed by atoms with E-state index in [0.717, 1.165) is 0 Å². The van der Waals surface area contributed by atoms with Gasteiger partial charge in [-0.1, -0.05) is 23.2 Å². The summed E-state index contributed by atoms with van der Waals surface area (Å²) in [7, 11) is 1.51. The lowest BCUT2D eigenvalue weighted by molar-refractivity contribution is 0.0697. The molecule has 0 spiro atoms. The molecule has 1 aromatic rings. The number of halogens is 2. The molecule has 0 saturated carbocycles.